The van der Waals surface area contributed by atoms with E-state index in [1.807, 2.05) is 6.07 Å². The summed E-state index contributed by atoms with van der Waals surface area (Å²) in [6.45, 7) is 1.22. The number of benzene rings is 1. The maximum absolute atomic E-state index is 14.4. The predicted molar refractivity (Wildman–Crippen MR) is 63.6 cm³/mol. The van der Waals surface area contributed by atoms with E-state index in [1.54, 1.807) is 20.3 Å². The number of halogens is 1. The van der Waals surface area contributed by atoms with E-state index >= 15 is 0 Å². The Labute approximate surface area is 101 Å². The lowest BCUT2D eigenvalue weighted by molar-refractivity contribution is 0.181. The highest BCUT2D eigenvalue weighted by atomic mass is 19.1. The Bertz CT molecular complexity index is 389. The maximum Gasteiger partial charge on any atom is 0.137 e. The normalized spacial score (nSPS) is 19.6. The zero-order valence-corrected chi connectivity index (χ0v) is 10.3. The van der Waals surface area contributed by atoms with Gasteiger partial charge in [-0.2, -0.15) is 0 Å². The van der Waals surface area contributed by atoms with Crippen LogP contribution < -0.4 is 10.1 Å². The highest BCUT2D eigenvalue weighted by molar-refractivity contribution is 5.41. The first-order chi connectivity index (χ1) is 8.27. The molecule has 3 nitrogen and oxygen atoms in total. The van der Waals surface area contributed by atoms with Crippen LogP contribution in [0.1, 0.15) is 30.0 Å². The van der Waals surface area contributed by atoms with Crippen LogP contribution in [0.5, 0.6) is 5.75 Å². The third-order valence-electron chi connectivity index (χ3n) is 3.15. The zero-order chi connectivity index (χ0) is 12.3. The third-order valence-corrected chi connectivity index (χ3v) is 3.15. The van der Waals surface area contributed by atoms with Gasteiger partial charge in [-0.3, -0.25) is 0 Å². The van der Waals surface area contributed by atoms with Crippen molar-refractivity contribution >= 4 is 0 Å². The average molecular weight is 239 g/mol. The standard InChI is InChI=1S/C13H18FNO2/c1-16-8-9-5-6-11(17-2)12(13(9)14)10-4-3-7-15-10/h5-6,10,15H,3-4,7-8H2,1-2H3. The number of rotatable bonds is 4. The van der Waals surface area contributed by atoms with Crippen LogP contribution in [0.25, 0.3) is 0 Å². The fraction of sp³-hybridized carbons (Fsp3) is 0.538. The minimum absolute atomic E-state index is 0.0572. The number of nitrogens with one attached hydrogen (secondary N) is 1. The molecule has 1 saturated heterocycles. The van der Waals surface area contributed by atoms with E-state index in [4.69, 9.17) is 9.47 Å². The van der Waals surface area contributed by atoms with Gasteiger partial charge in [-0.05, 0) is 25.5 Å². The summed E-state index contributed by atoms with van der Waals surface area (Å²) < 4.78 is 24.6. The second kappa shape index (κ2) is 5.47. The van der Waals surface area contributed by atoms with E-state index in [2.05, 4.69) is 5.32 Å². The van der Waals surface area contributed by atoms with E-state index in [0.29, 0.717) is 16.9 Å². The Morgan fingerprint density at radius 3 is 2.82 bits per heavy atom. The molecule has 1 aromatic carbocycles. The second-order valence-electron chi connectivity index (χ2n) is 4.24. The minimum atomic E-state index is -0.203. The van der Waals surface area contributed by atoms with Gasteiger partial charge in [-0.1, -0.05) is 6.07 Å². The summed E-state index contributed by atoms with van der Waals surface area (Å²) in [5.74, 6) is 0.410. The molecule has 1 unspecified atom stereocenters. The van der Waals surface area contributed by atoms with Crippen LogP contribution in [0.4, 0.5) is 4.39 Å². The summed E-state index contributed by atoms with van der Waals surface area (Å²) >= 11 is 0. The molecule has 1 atom stereocenters. The van der Waals surface area contributed by atoms with Crippen LogP contribution >= 0.6 is 0 Å². The Morgan fingerprint density at radius 2 is 2.24 bits per heavy atom. The lowest BCUT2D eigenvalue weighted by Crippen LogP contribution is -2.16. The number of hydrogen-bond donors (Lipinski definition) is 1. The van der Waals surface area contributed by atoms with Crippen molar-refractivity contribution in [3.8, 4) is 5.75 Å². The number of methoxy groups -OCH3 is 2. The molecule has 0 bridgehead atoms. The first kappa shape index (κ1) is 12.3. The van der Waals surface area contributed by atoms with E-state index < -0.39 is 0 Å². The Morgan fingerprint density at radius 1 is 1.41 bits per heavy atom. The van der Waals surface area contributed by atoms with Gasteiger partial charge in [-0.25, -0.2) is 4.39 Å². The van der Waals surface area contributed by atoms with Gasteiger partial charge >= 0.3 is 0 Å². The molecule has 1 N–H and O–H groups in total. The first-order valence-corrected chi connectivity index (χ1v) is 5.85. The van der Waals surface area contributed by atoms with Crippen molar-refractivity contribution in [1.29, 1.82) is 0 Å². The molecule has 0 amide bonds. The topological polar surface area (TPSA) is 30.5 Å². The lowest BCUT2D eigenvalue weighted by atomic mass is 10.0. The molecular weight excluding hydrogens is 221 g/mol. The van der Waals surface area contributed by atoms with Crippen LogP contribution in [-0.2, 0) is 11.3 Å². The molecule has 2 rings (SSSR count). The molecule has 94 valence electrons. The van der Waals surface area contributed by atoms with Crippen molar-refractivity contribution < 1.29 is 13.9 Å². The van der Waals surface area contributed by atoms with E-state index in [-0.39, 0.29) is 18.5 Å². The SMILES string of the molecule is COCc1ccc(OC)c(C2CCCN2)c1F. The smallest absolute Gasteiger partial charge is 0.137 e. The summed E-state index contributed by atoms with van der Waals surface area (Å²) in [5.41, 5.74) is 1.22. The van der Waals surface area contributed by atoms with Gasteiger partial charge in [0.2, 0.25) is 0 Å². The van der Waals surface area contributed by atoms with E-state index in [1.165, 1.54) is 0 Å². The minimum Gasteiger partial charge on any atom is -0.496 e. The molecule has 1 aliphatic heterocycles. The van der Waals surface area contributed by atoms with Gasteiger partial charge in [-0.15, -0.1) is 0 Å². The molecule has 0 aromatic heterocycles. The summed E-state index contributed by atoms with van der Waals surface area (Å²) in [6.07, 6.45) is 2.02. The molecule has 4 heteroatoms. The Hall–Kier alpha value is -1.13. The fourth-order valence-corrected chi connectivity index (χ4v) is 2.32. The van der Waals surface area contributed by atoms with Crippen LogP contribution in [0.3, 0.4) is 0 Å². The maximum atomic E-state index is 14.4. The molecular formula is C13H18FNO2. The second-order valence-corrected chi connectivity index (χ2v) is 4.24. The molecule has 0 saturated carbocycles. The fourth-order valence-electron chi connectivity index (χ4n) is 2.32. The van der Waals surface area contributed by atoms with Gasteiger partial charge in [0, 0.05) is 24.3 Å². The van der Waals surface area contributed by atoms with Gasteiger partial charge in [0.1, 0.15) is 11.6 Å². The number of ether oxygens (including phenoxy) is 2. The van der Waals surface area contributed by atoms with Crippen molar-refractivity contribution in [2.45, 2.75) is 25.5 Å². The van der Waals surface area contributed by atoms with Crippen LogP contribution in [0.2, 0.25) is 0 Å². The summed E-state index contributed by atoms with van der Waals surface area (Å²) in [6, 6.07) is 3.59. The molecule has 0 radical (unpaired) electrons. The molecule has 1 aromatic rings. The summed E-state index contributed by atoms with van der Waals surface area (Å²) in [7, 11) is 3.14. The van der Waals surface area contributed by atoms with Crippen molar-refractivity contribution in [3.05, 3.63) is 29.1 Å². The molecule has 1 heterocycles. The number of hydrogen-bond acceptors (Lipinski definition) is 3. The summed E-state index contributed by atoms with van der Waals surface area (Å²) in [4.78, 5) is 0. The monoisotopic (exact) mass is 239 g/mol. The van der Waals surface area contributed by atoms with Gasteiger partial charge < -0.3 is 14.8 Å². The van der Waals surface area contributed by atoms with Crippen LogP contribution in [0.15, 0.2) is 12.1 Å². The lowest BCUT2D eigenvalue weighted by Gasteiger charge is -2.18. The predicted octanol–water partition coefficient (Wildman–Crippen LogP) is 2.41. The zero-order valence-electron chi connectivity index (χ0n) is 10.3. The largest absolute Gasteiger partial charge is 0.496 e. The molecule has 0 aliphatic carbocycles. The average Bonchev–Trinajstić information content (AvgIpc) is 2.85. The van der Waals surface area contributed by atoms with Crippen molar-refractivity contribution in [2.75, 3.05) is 20.8 Å². The van der Waals surface area contributed by atoms with Gasteiger partial charge in [0.25, 0.3) is 0 Å². The third kappa shape index (κ3) is 2.42. The molecule has 1 fully saturated rings. The van der Waals surface area contributed by atoms with E-state index in [0.717, 1.165) is 19.4 Å². The first-order valence-electron chi connectivity index (χ1n) is 5.85. The highest BCUT2D eigenvalue weighted by Gasteiger charge is 2.25. The highest BCUT2D eigenvalue weighted by Crippen LogP contribution is 2.34. The van der Waals surface area contributed by atoms with Gasteiger partial charge in [0.05, 0.1) is 13.7 Å². The van der Waals surface area contributed by atoms with E-state index in [9.17, 15) is 4.39 Å². The van der Waals surface area contributed by atoms with Crippen LogP contribution in [0, 0.1) is 5.82 Å². The Balaban J connectivity index is 2.40. The van der Waals surface area contributed by atoms with Gasteiger partial charge in [0.15, 0.2) is 0 Å². The Kier molecular flexibility index (Phi) is 3.97. The quantitative estimate of drug-likeness (QED) is 0.875. The van der Waals surface area contributed by atoms with Crippen LogP contribution in [-0.4, -0.2) is 20.8 Å². The molecule has 1 aliphatic rings. The molecule has 17 heavy (non-hydrogen) atoms. The molecule has 0 spiro atoms. The van der Waals surface area contributed by atoms with Crippen molar-refractivity contribution in [1.82, 2.24) is 5.32 Å². The summed E-state index contributed by atoms with van der Waals surface area (Å²) in [5, 5.41) is 3.30. The van der Waals surface area contributed by atoms with Crippen molar-refractivity contribution in [3.63, 3.8) is 0 Å². The van der Waals surface area contributed by atoms with Crippen molar-refractivity contribution in [2.24, 2.45) is 0 Å².